The van der Waals surface area contributed by atoms with E-state index >= 15 is 0 Å². The first-order valence-electron chi connectivity index (χ1n) is 9.80. The van der Waals surface area contributed by atoms with Crippen LogP contribution in [0.4, 0.5) is 5.69 Å². The lowest BCUT2D eigenvalue weighted by atomic mass is 10.2. The molecular formula is C21H25N3O5S. The summed E-state index contributed by atoms with van der Waals surface area (Å²) in [5, 5.41) is 5.08. The minimum atomic E-state index is -3.58. The van der Waals surface area contributed by atoms with Crippen molar-refractivity contribution in [3.05, 3.63) is 54.6 Å². The zero-order valence-electron chi connectivity index (χ0n) is 16.5. The van der Waals surface area contributed by atoms with Gasteiger partial charge in [0.1, 0.15) is 5.75 Å². The number of carbonyl (C=O) groups is 2. The SMILES string of the molecule is O=C(COc1ccccc1)NCC(=O)Nc1cccc(S(=O)(=O)N2CCCCC2)c1. The molecule has 1 aliphatic heterocycles. The van der Waals surface area contributed by atoms with E-state index in [0.29, 0.717) is 24.5 Å². The summed E-state index contributed by atoms with van der Waals surface area (Å²) in [7, 11) is -3.58. The Morgan fingerprint density at radius 2 is 1.67 bits per heavy atom. The Morgan fingerprint density at radius 3 is 2.40 bits per heavy atom. The van der Waals surface area contributed by atoms with Crippen molar-refractivity contribution in [3.63, 3.8) is 0 Å². The van der Waals surface area contributed by atoms with Crippen molar-refractivity contribution >= 4 is 27.5 Å². The fraction of sp³-hybridized carbons (Fsp3) is 0.333. The van der Waals surface area contributed by atoms with Crippen LogP contribution in [-0.4, -0.2) is 50.8 Å². The van der Waals surface area contributed by atoms with Gasteiger partial charge in [-0.25, -0.2) is 8.42 Å². The number of nitrogens with one attached hydrogen (secondary N) is 2. The second-order valence-electron chi connectivity index (χ2n) is 6.92. The van der Waals surface area contributed by atoms with E-state index in [2.05, 4.69) is 10.6 Å². The van der Waals surface area contributed by atoms with Gasteiger partial charge in [0.05, 0.1) is 11.4 Å². The predicted molar refractivity (Wildman–Crippen MR) is 113 cm³/mol. The minimum absolute atomic E-state index is 0.141. The summed E-state index contributed by atoms with van der Waals surface area (Å²) < 4.78 is 32.3. The zero-order valence-corrected chi connectivity index (χ0v) is 17.4. The first-order valence-corrected chi connectivity index (χ1v) is 11.2. The van der Waals surface area contributed by atoms with Crippen molar-refractivity contribution in [2.24, 2.45) is 0 Å². The quantitative estimate of drug-likeness (QED) is 0.665. The smallest absolute Gasteiger partial charge is 0.258 e. The van der Waals surface area contributed by atoms with Crippen molar-refractivity contribution in [3.8, 4) is 5.75 Å². The summed E-state index contributed by atoms with van der Waals surface area (Å²) in [6, 6.07) is 15.0. The van der Waals surface area contributed by atoms with Gasteiger partial charge in [0.15, 0.2) is 6.61 Å². The van der Waals surface area contributed by atoms with Crippen LogP contribution < -0.4 is 15.4 Å². The second-order valence-corrected chi connectivity index (χ2v) is 8.86. The van der Waals surface area contributed by atoms with Crippen LogP contribution in [0.15, 0.2) is 59.5 Å². The fourth-order valence-corrected chi connectivity index (χ4v) is 4.65. The molecule has 0 spiro atoms. The molecular weight excluding hydrogens is 406 g/mol. The second kappa shape index (κ2) is 10.2. The number of hydrogen-bond acceptors (Lipinski definition) is 5. The normalized spacial score (nSPS) is 14.7. The Morgan fingerprint density at radius 1 is 0.933 bits per heavy atom. The van der Waals surface area contributed by atoms with Crippen molar-refractivity contribution < 1.29 is 22.7 Å². The number of ether oxygens (including phenoxy) is 1. The Bertz CT molecular complexity index is 973. The minimum Gasteiger partial charge on any atom is -0.484 e. The van der Waals surface area contributed by atoms with Crippen LogP contribution in [0.1, 0.15) is 19.3 Å². The molecule has 160 valence electrons. The molecule has 2 aromatic carbocycles. The maximum Gasteiger partial charge on any atom is 0.258 e. The van der Waals surface area contributed by atoms with Crippen LogP contribution in [0.3, 0.4) is 0 Å². The molecule has 0 radical (unpaired) electrons. The van der Waals surface area contributed by atoms with E-state index in [1.54, 1.807) is 36.4 Å². The zero-order chi connectivity index (χ0) is 21.4. The molecule has 0 aromatic heterocycles. The fourth-order valence-electron chi connectivity index (χ4n) is 3.09. The van der Waals surface area contributed by atoms with Crippen molar-refractivity contribution in [1.29, 1.82) is 0 Å². The third-order valence-corrected chi connectivity index (χ3v) is 6.52. The Kier molecular flexibility index (Phi) is 7.42. The Balaban J connectivity index is 1.50. The van der Waals surface area contributed by atoms with Crippen molar-refractivity contribution in [2.75, 3.05) is 31.6 Å². The molecule has 8 nitrogen and oxygen atoms in total. The van der Waals surface area contributed by atoms with Crippen LogP contribution >= 0.6 is 0 Å². The standard InChI is InChI=1S/C21H25N3O5S/c25-20(15-22-21(26)16-29-18-9-3-1-4-10-18)23-17-8-7-11-19(14-17)30(27,28)24-12-5-2-6-13-24/h1,3-4,7-11,14H,2,5-6,12-13,15-16H2,(H,22,26)(H,23,25). The van der Waals surface area contributed by atoms with Gasteiger partial charge in [-0.15, -0.1) is 0 Å². The number of hydrogen-bond donors (Lipinski definition) is 2. The maximum atomic E-state index is 12.8. The highest BCUT2D eigenvalue weighted by Crippen LogP contribution is 2.22. The topological polar surface area (TPSA) is 105 Å². The number of carbonyl (C=O) groups excluding carboxylic acids is 2. The average molecular weight is 432 g/mol. The third kappa shape index (κ3) is 6.04. The van der Waals surface area contributed by atoms with Gasteiger partial charge >= 0.3 is 0 Å². The van der Waals surface area contributed by atoms with Gasteiger partial charge in [-0.2, -0.15) is 4.31 Å². The molecule has 9 heteroatoms. The van der Waals surface area contributed by atoms with Gasteiger partial charge in [0, 0.05) is 18.8 Å². The van der Waals surface area contributed by atoms with Gasteiger partial charge in [0.2, 0.25) is 15.9 Å². The van der Waals surface area contributed by atoms with Crippen molar-refractivity contribution in [1.82, 2.24) is 9.62 Å². The lowest BCUT2D eigenvalue weighted by molar-refractivity contribution is -0.125. The average Bonchev–Trinajstić information content (AvgIpc) is 2.78. The van der Waals surface area contributed by atoms with Crippen LogP contribution in [-0.2, 0) is 19.6 Å². The summed E-state index contributed by atoms with van der Waals surface area (Å²) >= 11 is 0. The van der Waals surface area contributed by atoms with E-state index in [1.807, 2.05) is 6.07 Å². The lowest BCUT2D eigenvalue weighted by Gasteiger charge is -2.26. The molecule has 1 aliphatic rings. The van der Waals surface area contributed by atoms with Gasteiger partial charge in [0.25, 0.3) is 5.91 Å². The summed E-state index contributed by atoms with van der Waals surface area (Å²) in [5.74, 6) is -0.338. The summed E-state index contributed by atoms with van der Waals surface area (Å²) in [6.07, 6.45) is 2.73. The maximum absolute atomic E-state index is 12.8. The third-order valence-electron chi connectivity index (χ3n) is 4.63. The van der Waals surface area contributed by atoms with Gasteiger partial charge in [-0.3, -0.25) is 9.59 Å². The summed E-state index contributed by atoms with van der Waals surface area (Å²) in [5.41, 5.74) is 0.355. The summed E-state index contributed by atoms with van der Waals surface area (Å²) in [6.45, 7) is 0.562. The number of nitrogens with zero attached hydrogens (tertiary/aromatic N) is 1. The Labute approximate surface area is 176 Å². The number of rotatable bonds is 8. The molecule has 1 fully saturated rings. The van der Waals surface area contributed by atoms with E-state index in [1.165, 1.54) is 16.4 Å². The van der Waals surface area contributed by atoms with E-state index in [4.69, 9.17) is 4.74 Å². The van der Waals surface area contributed by atoms with Crippen LogP contribution in [0.5, 0.6) is 5.75 Å². The van der Waals surface area contributed by atoms with E-state index < -0.39 is 21.8 Å². The number of sulfonamides is 1. The highest BCUT2D eigenvalue weighted by atomic mass is 32.2. The van der Waals surface area contributed by atoms with Gasteiger partial charge < -0.3 is 15.4 Å². The molecule has 2 N–H and O–H groups in total. The van der Waals surface area contributed by atoms with Crippen LogP contribution in [0, 0.1) is 0 Å². The number of benzene rings is 2. The first kappa shape index (κ1) is 21.8. The van der Waals surface area contributed by atoms with E-state index in [9.17, 15) is 18.0 Å². The number of anilines is 1. The number of amides is 2. The van der Waals surface area contributed by atoms with Crippen LogP contribution in [0.2, 0.25) is 0 Å². The molecule has 0 saturated carbocycles. The van der Waals surface area contributed by atoms with Crippen molar-refractivity contribution in [2.45, 2.75) is 24.2 Å². The van der Waals surface area contributed by atoms with E-state index in [0.717, 1.165) is 19.3 Å². The molecule has 1 saturated heterocycles. The molecule has 0 aliphatic carbocycles. The largest absolute Gasteiger partial charge is 0.484 e. The van der Waals surface area contributed by atoms with Gasteiger partial charge in [-0.1, -0.05) is 30.7 Å². The number of piperidine rings is 1. The highest BCUT2D eigenvalue weighted by molar-refractivity contribution is 7.89. The molecule has 0 atom stereocenters. The predicted octanol–water partition coefficient (Wildman–Crippen LogP) is 1.99. The number of para-hydroxylation sites is 1. The monoisotopic (exact) mass is 431 g/mol. The molecule has 3 rings (SSSR count). The van der Waals surface area contributed by atoms with Gasteiger partial charge in [-0.05, 0) is 43.2 Å². The summed E-state index contributed by atoms with van der Waals surface area (Å²) in [4.78, 5) is 24.1. The molecule has 2 amide bonds. The molecule has 0 unspecified atom stereocenters. The highest BCUT2D eigenvalue weighted by Gasteiger charge is 2.26. The van der Waals surface area contributed by atoms with Crippen LogP contribution in [0.25, 0.3) is 0 Å². The Hall–Kier alpha value is -2.91. The lowest BCUT2D eigenvalue weighted by Crippen LogP contribution is -2.36. The first-order chi connectivity index (χ1) is 14.4. The van der Waals surface area contributed by atoms with E-state index in [-0.39, 0.29) is 18.0 Å². The molecule has 2 aromatic rings. The molecule has 1 heterocycles. The molecule has 30 heavy (non-hydrogen) atoms. The molecule has 0 bridgehead atoms.